The van der Waals surface area contributed by atoms with Crippen LogP contribution in [-0.4, -0.2) is 11.2 Å². The van der Waals surface area contributed by atoms with E-state index in [-0.39, 0.29) is 6.10 Å². The molecule has 0 heterocycles. The van der Waals surface area contributed by atoms with Crippen LogP contribution in [0.15, 0.2) is 42.5 Å². The summed E-state index contributed by atoms with van der Waals surface area (Å²) in [5.74, 6) is 1.34. The van der Waals surface area contributed by atoms with Crippen molar-refractivity contribution in [3.63, 3.8) is 0 Å². The Morgan fingerprint density at radius 1 is 1.00 bits per heavy atom. The van der Waals surface area contributed by atoms with Gasteiger partial charge in [0.1, 0.15) is 0 Å². The van der Waals surface area contributed by atoms with E-state index in [0.717, 1.165) is 12.3 Å². The molecule has 1 atom stereocenters. The molecule has 0 aliphatic heterocycles. The van der Waals surface area contributed by atoms with E-state index in [1.165, 1.54) is 42.0 Å². The van der Waals surface area contributed by atoms with Crippen molar-refractivity contribution in [1.29, 1.82) is 0 Å². The molecular formula is C19H24O. The van der Waals surface area contributed by atoms with Gasteiger partial charge in [0, 0.05) is 0 Å². The standard InChI is InChI=1S/C19H24O/c1-14-6-9-17(10-7-14)19(20)13-15-8-11-16-4-2-3-5-18(16)12-15/h2-5,8,11-12,14,17,19-20H,6-7,9-10,13H2,1H3. The fourth-order valence-electron chi connectivity index (χ4n) is 3.44. The Bertz CT molecular complexity index is 567. The van der Waals surface area contributed by atoms with E-state index in [9.17, 15) is 5.11 Å². The number of fused-ring (bicyclic) bond motifs is 1. The number of aliphatic hydroxyl groups excluding tert-OH is 1. The van der Waals surface area contributed by atoms with Crippen LogP contribution in [0.4, 0.5) is 0 Å². The van der Waals surface area contributed by atoms with Gasteiger partial charge in [0.15, 0.2) is 0 Å². The van der Waals surface area contributed by atoms with E-state index in [0.29, 0.717) is 5.92 Å². The normalized spacial score (nSPS) is 24.7. The summed E-state index contributed by atoms with van der Waals surface area (Å²) in [4.78, 5) is 0. The molecule has 1 saturated carbocycles. The van der Waals surface area contributed by atoms with E-state index in [2.05, 4.69) is 49.4 Å². The molecule has 1 aliphatic carbocycles. The number of hydrogen-bond donors (Lipinski definition) is 1. The molecule has 0 amide bonds. The Morgan fingerprint density at radius 2 is 1.70 bits per heavy atom. The quantitative estimate of drug-likeness (QED) is 0.864. The zero-order valence-corrected chi connectivity index (χ0v) is 12.3. The van der Waals surface area contributed by atoms with Crippen molar-refractivity contribution < 1.29 is 5.11 Å². The fourth-order valence-corrected chi connectivity index (χ4v) is 3.44. The highest BCUT2D eigenvalue weighted by Crippen LogP contribution is 2.31. The van der Waals surface area contributed by atoms with Gasteiger partial charge < -0.3 is 5.11 Å². The van der Waals surface area contributed by atoms with Gasteiger partial charge in [-0.1, -0.05) is 62.2 Å². The van der Waals surface area contributed by atoms with Crippen molar-refractivity contribution in [1.82, 2.24) is 0 Å². The van der Waals surface area contributed by atoms with E-state index in [4.69, 9.17) is 0 Å². The Balaban J connectivity index is 1.69. The van der Waals surface area contributed by atoms with Crippen molar-refractivity contribution in [2.24, 2.45) is 11.8 Å². The number of hydrogen-bond acceptors (Lipinski definition) is 1. The molecule has 0 spiro atoms. The van der Waals surface area contributed by atoms with Gasteiger partial charge in [0.05, 0.1) is 6.10 Å². The van der Waals surface area contributed by atoms with Crippen molar-refractivity contribution in [2.45, 2.75) is 45.1 Å². The molecule has 2 aromatic rings. The van der Waals surface area contributed by atoms with Gasteiger partial charge in [-0.3, -0.25) is 0 Å². The minimum Gasteiger partial charge on any atom is -0.392 e. The Morgan fingerprint density at radius 3 is 2.45 bits per heavy atom. The molecule has 1 aliphatic rings. The van der Waals surface area contributed by atoms with Gasteiger partial charge in [-0.05, 0) is 47.4 Å². The van der Waals surface area contributed by atoms with E-state index in [1.807, 2.05) is 0 Å². The third kappa shape index (κ3) is 3.04. The maximum absolute atomic E-state index is 10.5. The SMILES string of the molecule is CC1CCC(C(O)Cc2ccc3ccccc3c2)CC1. The number of benzene rings is 2. The maximum atomic E-state index is 10.5. The monoisotopic (exact) mass is 268 g/mol. The molecule has 106 valence electrons. The van der Waals surface area contributed by atoms with Crippen molar-refractivity contribution >= 4 is 10.8 Å². The predicted molar refractivity (Wildman–Crippen MR) is 84.8 cm³/mol. The molecule has 20 heavy (non-hydrogen) atoms. The molecule has 1 fully saturated rings. The maximum Gasteiger partial charge on any atom is 0.0608 e. The summed E-state index contributed by atoms with van der Waals surface area (Å²) in [7, 11) is 0. The van der Waals surface area contributed by atoms with Crippen LogP contribution in [0.1, 0.15) is 38.2 Å². The summed E-state index contributed by atoms with van der Waals surface area (Å²) in [6, 6.07) is 15.0. The van der Waals surface area contributed by atoms with Gasteiger partial charge in [0.25, 0.3) is 0 Å². The fraction of sp³-hybridized carbons (Fsp3) is 0.474. The molecule has 1 nitrogen and oxygen atoms in total. The minimum atomic E-state index is -0.177. The summed E-state index contributed by atoms with van der Waals surface area (Å²) in [5, 5.41) is 13.0. The summed E-state index contributed by atoms with van der Waals surface area (Å²) in [6.07, 6.45) is 5.55. The average Bonchev–Trinajstić information content (AvgIpc) is 2.48. The second kappa shape index (κ2) is 5.97. The lowest BCUT2D eigenvalue weighted by Crippen LogP contribution is -2.26. The summed E-state index contributed by atoms with van der Waals surface area (Å²) < 4.78 is 0. The first-order valence-electron chi connectivity index (χ1n) is 7.88. The molecule has 3 rings (SSSR count). The van der Waals surface area contributed by atoms with E-state index in [1.54, 1.807) is 0 Å². The average molecular weight is 268 g/mol. The zero-order chi connectivity index (χ0) is 13.9. The largest absolute Gasteiger partial charge is 0.392 e. The first kappa shape index (κ1) is 13.6. The highest BCUT2D eigenvalue weighted by atomic mass is 16.3. The van der Waals surface area contributed by atoms with Crippen molar-refractivity contribution in [2.75, 3.05) is 0 Å². The Kier molecular flexibility index (Phi) is 4.07. The topological polar surface area (TPSA) is 20.2 Å². The summed E-state index contributed by atoms with van der Waals surface area (Å²) >= 11 is 0. The molecular weight excluding hydrogens is 244 g/mol. The Hall–Kier alpha value is -1.34. The summed E-state index contributed by atoms with van der Waals surface area (Å²) in [6.45, 7) is 2.33. The lowest BCUT2D eigenvalue weighted by molar-refractivity contribution is 0.0761. The predicted octanol–water partition coefficient (Wildman–Crippen LogP) is 4.57. The van der Waals surface area contributed by atoms with Crippen LogP contribution in [0.3, 0.4) is 0 Å². The van der Waals surface area contributed by atoms with Crippen molar-refractivity contribution in [3.05, 3.63) is 48.0 Å². The zero-order valence-electron chi connectivity index (χ0n) is 12.3. The lowest BCUT2D eigenvalue weighted by Gasteiger charge is -2.30. The van der Waals surface area contributed by atoms with Gasteiger partial charge in [-0.15, -0.1) is 0 Å². The van der Waals surface area contributed by atoms with E-state index < -0.39 is 0 Å². The van der Waals surface area contributed by atoms with Crippen LogP contribution in [0.5, 0.6) is 0 Å². The molecule has 0 bridgehead atoms. The molecule has 1 N–H and O–H groups in total. The first-order valence-corrected chi connectivity index (χ1v) is 7.88. The first-order chi connectivity index (χ1) is 9.72. The second-order valence-electron chi connectivity index (χ2n) is 6.47. The van der Waals surface area contributed by atoms with E-state index >= 15 is 0 Å². The van der Waals surface area contributed by atoms with Crippen molar-refractivity contribution in [3.8, 4) is 0 Å². The highest BCUT2D eigenvalue weighted by molar-refractivity contribution is 5.82. The molecule has 0 aromatic heterocycles. The summed E-state index contributed by atoms with van der Waals surface area (Å²) in [5.41, 5.74) is 1.26. The highest BCUT2D eigenvalue weighted by Gasteiger charge is 2.24. The van der Waals surface area contributed by atoms with Crippen LogP contribution in [-0.2, 0) is 6.42 Å². The Labute approximate surface area is 121 Å². The lowest BCUT2D eigenvalue weighted by atomic mass is 9.79. The third-order valence-electron chi connectivity index (χ3n) is 4.86. The molecule has 0 saturated heterocycles. The second-order valence-corrected chi connectivity index (χ2v) is 6.47. The number of aliphatic hydroxyl groups is 1. The van der Waals surface area contributed by atoms with Crippen LogP contribution in [0, 0.1) is 11.8 Å². The molecule has 1 unspecified atom stereocenters. The van der Waals surface area contributed by atoms with Crippen LogP contribution in [0.25, 0.3) is 10.8 Å². The van der Waals surface area contributed by atoms with Gasteiger partial charge in [0.2, 0.25) is 0 Å². The third-order valence-corrected chi connectivity index (χ3v) is 4.86. The van der Waals surface area contributed by atoms with Gasteiger partial charge in [-0.2, -0.15) is 0 Å². The van der Waals surface area contributed by atoms with Gasteiger partial charge >= 0.3 is 0 Å². The van der Waals surface area contributed by atoms with Crippen LogP contribution >= 0.6 is 0 Å². The molecule has 0 radical (unpaired) electrons. The smallest absolute Gasteiger partial charge is 0.0608 e. The van der Waals surface area contributed by atoms with Crippen LogP contribution in [0.2, 0.25) is 0 Å². The van der Waals surface area contributed by atoms with Crippen LogP contribution < -0.4 is 0 Å². The molecule has 2 aromatic carbocycles. The number of rotatable bonds is 3. The molecule has 1 heteroatoms. The van der Waals surface area contributed by atoms with Gasteiger partial charge in [-0.25, -0.2) is 0 Å². The minimum absolute atomic E-state index is 0.177.